The number of aromatic nitrogens is 2. The summed E-state index contributed by atoms with van der Waals surface area (Å²) in [5.74, 6) is 1.38. The Morgan fingerprint density at radius 3 is 2.72 bits per heavy atom. The van der Waals surface area contributed by atoms with Crippen LogP contribution in [0.1, 0.15) is 63.7 Å². The minimum atomic E-state index is -0.406. The van der Waals surface area contributed by atoms with E-state index in [0.717, 1.165) is 25.8 Å². The molecule has 1 aromatic heterocycles. The zero-order chi connectivity index (χ0) is 13.0. The van der Waals surface area contributed by atoms with Crippen molar-refractivity contribution in [1.29, 1.82) is 0 Å². The van der Waals surface area contributed by atoms with E-state index in [1.54, 1.807) is 7.11 Å². The summed E-state index contributed by atoms with van der Waals surface area (Å²) in [6.45, 7) is 5.20. The first-order valence-corrected chi connectivity index (χ1v) is 6.88. The van der Waals surface area contributed by atoms with Crippen LogP contribution in [-0.4, -0.2) is 23.8 Å². The van der Waals surface area contributed by atoms with Gasteiger partial charge in [0.1, 0.15) is 5.60 Å². The number of nitrogens with zero attached hydrogens (tertiary/aromatic N) is 2. The van der Waals surface area contributed by atoms with Gasteiger partial charge in [-0.25, -0.2) is 0 Å². The van der Waals surface area contributed by atoms with Gasteiger partial charge in [0, 0.05) is 7.11 Å². The molecule has 1 aliphatic heterocycles. The number of methoxy groups -OCH3 is 1. The Labute approximate surface area is 108 Å². The van der Waals surface area contributed by atoms with Crippen molar-refractivity contribution in [3.63, 3.8) is 0 Å². The zero-order valence-electron chi connectivity index (χ0n) is 11.5. The second-order valence-electron chi connectivity index (χ2n) is 4.86. The average molecular weight is 253 g/mol. The molecule has 2 heterocycles. The average Bonchev–Trinajstić information content (AvgIpc) is 2.93. The van der Waals surface area contributed by atoms with Gasteiger partial charge in [-0.15, -0.1) is 0 Å². The number of rotatable bonds is 5. The van der Waals surface area contributed by atoms with Gasteiger partial charge in [0.25, 0.3) is 0 Å². The van der Waals surface area contributed by atoms with Gasteiger partial charge in [0.05, 0.1) is 6.04 Å². The molecule has 0 amide bonds. The third kappa shape index (κ3) is 2.42. The quantitative estimate of drug-likeness (QED) is 0.873. The highest BCUT2D eigenvalue weighted by Crippen LogP contribution is 2.31. The van der Waals surface area contributed by atoms with Crippen molar-refractivity contribution in [1.82, 2.24) is 15.5 Å². The van der Waals surface area contributed by atoms with Crippen LogP contribution in [0.5, 0.6) is 0 Å². The normalized spacial score (nSPS) is 21.2. The molecule has 0 spiro atoms. The molecule has 1 N–H and O–H groups in total. The van der Waals surface area contributed by atoms with Crippen molar-refractivity contribution in [2.24, 2.45) is 0 Å². The van der Waals surface area contributed by atoms with E-state index in [1.807, 2.05) is 0 Å². The molecule has 1 aliphatic rings. The maximum absolute atomic E-state index is 5.62. The SMILES string of the molecule is CCC(CC)(OC)c1noc([C@H]2CCCCN2)n1. The number of piperidine rings is 1. The van der Waals surface area contributed by atoms with Crippen LogP contribution in [-0.2, 0) is 10.3 Å². The molecule has 0 bridgehead atoms. The fourth-order valence-electron chi connectivity index (χ4n) is 2.57. The van der Waals surface area contributed by atoms with Gasteiger partial charge in [0.2, 0.25) is 11.7 Å². The van der Waals surface area contributed by atoms with E-state index in [9.17, 15) is 0 Å². The highest BCUT2D eigenvalue weighted by Gasteiger charge is 2.34. The van der Waals surface area contributed by atoms with E-state index in [2.05, 4.69) is 29.3 Å². The molecule has 1 atom stereocenters. The fraction of sp³-hybridized carbons (Fsp3) is 0.846. The second kappa shape index (κ2) is 5.80. The molecule has 5 heteroatoms. The smallest absolute Gasteiger partial charge is 0.243 e. The first-order chi connectivity index (χ1) is 8.75. The van der Waals surface area contributed by atoms with Crippen LogP contribution in [0, 0.1) is 0 Å². The van der Waals surface area contributed by atoms with Gasteiger partial charge in [-0.05, 0) is 32.2 Å². The molecule has 2 rings (SSSR count). The molecule has 1 aromatic rings. The predicted molar refractivity (Wildman–Crippen MR) is 68.2 cm³/mol. The largest absolute Gasteiger partial charge is 0.370 e. The summed E-state index contributed by atoms with van der Waals surface area (Å²) in [4.78, 5) is 4.55. The van der Waals surface area contributed by atoms with Gasteiger partial charge in [-0.1, -0.05) is 25.4 Å². The Kier molecular flexibility index (Phi) is 4.35. The molecule has 1 saturated heterocycles. The summed E-state index contributed by atoms with van der Waals surface area (Å²) >= 11 is 0. The molecule has 0 radical (unpaired) electrons. The molecule has 0 aliphatic carbocycles. The third-order valence-corrected chi connectivity index (χ3v) is 3.99. The van der Waals surface area contributed by atoms with Crippen LogP contribution in [0.2, 0.25) is 0 Å². The van der Waals surface area contributed by atoms with Crippen molar-refractivity contribution in [3.05, 3.63) is 11.7 Å². The summed E-state index contributed by atoms with van der Waals surface area (Å²) in [5.41, 5.74) is -0.406. The van der Waals surface area contributed by atoms with Crippen LogP contribution in [0.15, 0.2) is 4.52 Å². The number of nitrogens with one attached hydrogen (secondary N) is 1. The topological polar surface area (TPSA) is 60.2 Å². The third-order valence-electron chi connectivity index (χ3n) is 3.99. The zero-order valence-corrected chi connectivity index (χ0v) is 11.5. The Balaban J connectivity index is 2.18. The standard InChI is InChI=1S/C13H23N3O2/c1-4-13(5-2,17-3)12-15-11(18-16-12)10-8-6-7-9-14-10/h10,14H,4-9H2,1-3H3/t10-/m1/s1. The molecule has 0 unspecified atom stereocenters. The van der Waals surface area contributed by atoms with Gasteiger partial charge >= 0.3 is 0 Å². The minimum Gasteiger partial charge on any atom is -0.370 e. The van der Waals surface area contributed by atoms with Gasteiger partial charge < -0.3 is 14.6 Å². The Morgan fingerprint density at radius 1 is 1.39 bits per heavy atom. The summed E-state index contributed by atoms with van der Waals surface area (Å²) < 4.78 is 11.0. The highest BCUT2D eigenvalue weighted by atomic mass is 16.5. The van der Waals surface area contributed by atoms with Crippen LogP contribution in [0.3, 0.4) is 0 Å². The van der Waals surface area contributed by atoms with Crippen molar-refractivity contribution >= 4 is 0 Å². The lowest BCUT2D eigenvalue weighted by Crippen LogP contribution is -2.29. The van der Waals surface area contributed by atoms with E-state index in [4.69, 9.17) is 9.26 Å². The monoisotopic (exact) mass is 253 g/mol. The highest BCUT2D eigenvalue weighted by molar-refractivity contribution is 5.03. The Hall–Kier alpha value is -0.940. The van der Waals surface area contributed by atoms with Crippen LogP contribution < -0.4 is 5.32 Å². The molecule has 18 heavy (non-hydrogen) atoms. The van der Waals surface area contributed by atoms with E-state index in [0.29, 0.717) is 11.7 Å². The predicted octanol–water partition coefficient (Wildman–Crippen LogP) is 2.55. The van der Waals surface area contributed by atoms with Crippen LogP contribution in [0.4, 0.5) is 0 Å². The summed E-state index contributed by atoms with van der Waals surface area (Å²) in [6.07, 6.45) is 5.20. The van der Waals surface area contributed by atoms with E-state index in [-0.39, 0.29) is 6.04 Å². The van der Waals surface area contributed by atoms with Crippen molar-refractivity contribution in [2.75, 3.05) is 13.7 Å². The first-order valence-electron chi connectivity index (χ1n) is 6.88. The van der Waals surface area contributed by atoms with Crippen molar-refractivity contribution in [2.45, 2.75) is 57.6 Å². The molecule has 102 valence electrons. The van der Waals surface area contributed by atoms with Crippen molar-refractivity contribution < 1.29 is 9.26 Å². The molecule has 1 fully saturated rings. The maximum Gasteiger partial charge on any atom is 0.243 e. The van der Waals surface area contributed by atoms with E-state index >= 15 is 0 Å². The Bertz CT molecular complexity index is 360. The lowest BCUT2D eigenvalue weighted by Gasteiger charge is -2.26. The maximum atomic E-state index is 5.62. The number of hydrogen-bond acceptors (Lipinski definition) is 5. The molecular weight excluding hydrogens is 230 g/mol. The minimum absolute atomic E-state index is 0.211. The van der Waals surface area contributed by atoms with E-state index < -0.39 is 5.60 Å². The van der Waals surface area contributed by atoms with Gasteiger partial charge in [-0.3, -0.25) is 0 Å². The summed E-state index contributed by atoms with van der Waals surface area (Å²) in [7, 11) is 1.71. The number of hydrogen-bond donors (Lipinski definition) is 1. The van der Waals surface area contributed by atoms with Crippen LogP contribution >= 0.6 is 0 Å². The molecular formula is C13H23N3O2. The fourth-order valence-corrected chi connectivity index (χ4v) is 2.57. The van der Waals surface area contributed by atoms with Crippen LogP contribution in [0.25, 0.3) is 0 Å². The number of ether oxygens (including phenoxy) is 1. The lowest BCUT2D eigenvalue weighted by atomic mass is 9.96. The molecule has 5 nitrogen and oxygen atoms in total. The molecule has 0 saturated carbocycles. The lowest BCUT2D eigenvalue weighted by molar-refractivity contribution is -0.0306. The van der Waals surface area contributed by atoms with Gasteiger partial charge in [0.15, 0.2) is 0 Å². The second-order valence-corrected chi connectivity index (χ2v) is 4.86. The van der Waals surface area contributed by atoms with Gasteiger partial charge in [-0.2, -0.15) is 4.98 Å². The first kappa shape index (κ1) is 13.5. The van der Waals surface area contributed by atoms with E-state index in [1.165, 1.54) is 12.8 Å². The summed E-state index contributed by atoms with van der Waals surface area (Å²) in [6, 6.07) is 0.211. The van der Waals surface area contributed by atoms with Crippen molar-refractivity contribution in [3.8, 4) is 0 Å². The summed E-state index contributed by atoms with van der Waals surface area (Å²) in [5, 5.41) is 7.54. The molecule has 0 aromatic carbocycles. The Morgan fingerprint density at radius 2 is 2.17 bits per heavy atom.